The van der Waals surface area contributed by atoms with E-state index in [-0.39, 0.29) is 12.2 Å². The van der Waals surface area contributed by atoms with E-state index in [0.29, 0.717) is 5.56 Å². The van der Waals surface area contributed by atoms with Crippen LogP contribution in [0, 0.1) is 5.82 Å². The van der Waals surface area contributed by atoms with Gasteiger partial charge in [-0.25, -0.2) is 9.18 Å². The lowest BCUT2D eigenvalue weighted by atomic mass is 10.1. The van der Waals surface area contributed by atoms with Gasteiger partial charge >= 0.3 is 5.97 Å². The molecule has 0 radical (unpaired) electrons. The van der Waals surface area contributed by atoms with Gasteiger partial charge in [0.25, 0.3) is 0 Å². The summed E-state index contributed by atoms with van der Waals surface area (Å²) in [5.74, 6) is -1.78. The normalized spacial score (nSPS) is 12.3. The number of para-hydroxylation sites is 1. The summed E-state index contributed by atoms with van der Waals surface area (Å²) < 4.78 is 12.9. The number of carbonyl (C=O) groups is 2. The molecule has 0 aliphatic heterocycles. The minimum Gasteiger partial charge on any atom is -0.480 e. The highest BCUT2D eigenvalue weighted by atomic mass is 19.1. The van der Waals surface area contributed by atoms with E-state index in [0.717, 1.165) is 16.5 Å². The molecule has 0 aliphatic carbocycles. The van der Waals surface area contributed by atoms with E-state index >= 15 is 0 Å². The molecule has 0 amide bonds. The maximum absolute atomic E-state index is 12.9. The molecule has 0 bridgehead atoms. The Morgan fingerprint density at radius 2 is 1.88 bits per heavy atom. The molecule has 0 saturated carbocycles. The zero-order valence-electron chi connectivity index (χ0n) is 13.8. The second-order valence-electron chi connectivity index (χ2n) is 5.83. The predicted molar refractivity (Wildman–Crippen MR) is 96.4 cm³/mol. The number of H-pyrrole nitrogens is 1. The number of benzene rings is 2. The number of hydrogen-bond acceptors (Lipinski definition) is 3. The second kappa shape index (κ2) is 7.65. The summed E-state index contributed by atoms with van der Waals surface area (Å²) in [5.41, 5.74) is 2.14. The van der Waals surface area contributed by atoms with Crippen molar-refractivity contribution in [2.45, 2.75) is 12.5 Å². The van der Waals surface area contributed by atoms with Crippen LogP contribution < -0.4 is 5.32 Å². The van der Waals surface area contributed by atoms with Crippen molar-refractivity contribution >= 4 is 22.7 Å². The summed E-state index contributed by atoms with van der Waals surface area (Å²) in [7, 11) is 0. The Balaban J connectivity index is 1.68. The monoisotopic (exact) mass is 352 g/mol. The number of aromatic amines is 1. The van der Waals surface area contributed by atoms with Crippen LogP contribution in [0.3, 0.4) is 0 Å². The lowest BCUT2D eigenvalue weighted by molar-refractivity contribution is -0.139. The summed E-state index contributed by atoms with van der Waals surface area (Å²) in [4.78, 5) is 26.6. The SMILES string of the molecule is O=C(/C=C/N[C@H](Cc1c[nH]c2ccccc12)C(=O)O)c1ccc(F)cc1. The summed E-state index contributed by atoms with van der Waals surface area (Å²) in [6, 6.07) is 11.9. The van der Waals surface area contributed by atoms with Crippen molar-refractivity contribution < 1.29 is 19.1 Å². The molecule has 3 rings (SSSR count). The van der Waals surface area contributed by atoms with Gasteiger partial charge in [-0.05, 0) is 35.9 Å². The molecule has 3 N–H and O–H groups in total. The fourth-order valence-electron chi connectivity index (χ4n) is 2.69. The van der Waals surface area contributed by atoms with Gasteiger partial charge in [-0.15, -0.1) is 0 Å². The number of aliphatic carboxylic acids is 1. The number of halogens is 1. The first-order chi connectivity index (χ1) is 12.5. The predicted octanol–water partition coefficient (Wildman–Crippen LogP) is 3.29. The van der Waals surface area contributed by atoms with E-state index in [1.165, 1.54) is 36.5 Å². The number of nitrogens with one attached hydrogen (secondary N) is 2. The van der Waals surface area contributed by atoms with E-state index in [9.17, 15) is 19.1 Å². The Kier molecular flexibility index (Phi) is 5.12. The quantitative estimate of drug-likeness (QED) is 0.450. The molecular formula is C20H17FN2O3. The average Bonchev–Trinajstić information content (AvgIpc) is 3.04. The lowest BCUT2D eigenvalue weighted by Crippen LogP contribution is -2.35. The first-order valence-corrected chi connectivity index (χ1v) is 8.05. The number of carboxylic acid groups (broad SMARTS) is 1. The zero-order valence-corrected chi connectivity index (χ0v) is 13.8. The van der Waals surface area contributed by atoms with Crippen molar-refractivity contribution in [1.29, 1.82) is 0 Å². The first-order valence-electron chi connectivity index (χ1n) is 8.05. The van der Waals surface area contributed by atoms with Crippen LogP contribution in [0.15, 0.2) is 67.0 Å². The number of fused-ring (bicyclic) bond motifs is 1. The summed E-state index contributed by atoms with van der Waals surface area (Å²) in [5, 5.41) is 13.1. The van der Waals surface area contributed by atoms with Gasteiger partial charge in [-0.1, -0.05) is 18.2 Å². The number of aromatic nitrogens is 1. The van der Waals surface area contributed by atoms with E-state index < -0.39 is 17.8 Å². The molecule has 1 atom stereocenters. The van der Waals surface area contributed by atoms with E-state index in [2.05, 4.69) is 10.3 Å². The molecule has 2 aromatic carbocycles. The van der Waals surface area contributed by atoms with E-state index in [4.69, 9.17) is 0 Å². The van der Waals surface area contributed by atoms with Gasteiger partial charge in [0.15, 0.2) is 5.78 Å². The third-order valence-corrected chi connectivity index (χ3v) is 4.06. The molecule has 0 unspecified atom stereocenters. The highest BCUT2D eigenvalue weighted by Gasteiger charge is 2.18. The fraction of sp³-hybridized carbons (Fsp3) is 0.100. The lowest BCUT2D eigenvalue weighted by Gasteiger charge is -2.12. The summed E-state index contributed by atoms with van der Waals surface area (Å²) in [6.07, 6.45) is 4.60. The number of ketones is 1. The minimum absolute atomic E-state index is 0.258. The van der Waals surface area contributed by atoms with Crippen LogP contribution >= 0.6 is 0 Å². The number of carboxylic acids is 1. The van der Waals surface area contributed by atoms with Crippen LogP contribution in [0.25, 0.3) is 10.9 Å². The first kappa shape index (κ1) is 17.4. The third kappa shape index (κ3) is 3.97. The standard InChI is InChI=1S/C20H17FN2O3/c21-15-7-5-13(6-8-15)19(24)9-10-22-18(20(25)26)11-14-12-23-17-4-2-1-3-16(14)17/h1-10,12,18,22-23H,11H2,(H,25,26)/b10-9+/t18-/m1/s1. The number of allylic oxidation sites excluding steroid dienone is 1. The van der Waals surface area contributed by atoms with Crippen molar-refractivity contribution in [3.63, 3.8) is 0 Å². The topological polar surface area (TPSA) is 82.2 Å². The van der Waals surface area contributed by atoms with Crippen LogP contribution in [0.4, 0.5) is 4.39 Å². The molecule has 26 heavy (non-hydrogen) atoms. The van der Waals surface area contributed by atoms with Crippen molar-refractivity contribution in [2.75, 3.05) is 0 Å². The summed E-state index contributed by atoms with van der Waals surface area (Å²) >= 11 is 0. The molecule has 1 heterocycles. The molecule has 3 aromatic rings. The van der Waals surface area contributed by atoms with Crippen LogP contribution in [0.5, 0.6) is 0 Å². The van der Waals surface area contributed by atoms with Crippen molar-refractivity contribution in [3.05, 3.63) is 83.9 Å². The van der Waals surface area contributed by atoms with Crippen LogP contribution in [-0.2, 0) is 11.2 Å². The molecule has 0 fully saturated rings. The summed E-state index contributed by atoms with van der Waals surface area (Å²) in [6.45, 7) is 0. The van der Waals surface area contributed by atoms with Gasteiger partial charge in [0.2, 0.25) is 0 Å². The van der Waals surface area contributed by atoms with Gasteiger partial charge in [0.1, 0.15) is 11.9 Å². The maximum Gasteiger partial charge on any atom is 0.326 e. The van der Waals surface area contributed by atoms with Gasteiger partial charge in [-0.3, -0.25) is 4.79 Å². The number of rotatable bonds is 7. The maximum atomic E-state index is 12.9. The fourth-order valence-corrected chi connectivity index (χ4v) is 2.69. The van der Waals surface area contributed by atoms with Gasteiger partial charge in [0.05, 0.1) is 0 Å². The molecule has 1 aromatic heterocycles. The second-order valence-corrected chi connectivity index (χ2v) is 5.83. The van der Waals surface area contributed by atoms with Crippen molar-refractivity contribution in [3.8, 4) is 0 Å². The van der Waals surface area contributed by atoms with E-state index in [1.807, 2.05) is 24.3 Å². The smallest absolute Gasteiger partial charge is 0.326 e. The Morgan fingerprint density at radius 1 is 1.15 bits per heavy atom. The molecule has 132 valence electrons. The molecule has 5 nitrogen and oxygen atoms in total. The highest BCUT2D eigenvalue weighted by molar-refractivity contribution is 6.04. The average molecular weight is 352 g/mol. The molecule has 0 saturated heterocycles. The van der Waals surface area contributed by atoms with Gasteiger partial charge in [0, 0.05) is 41.4 Å². The Morgan fingerprint density at radius 3 is 2.62 bits per heavy atom. The Bertz CT molecular complexity index is 961. The van der Waals surface area contributed by atoms with Crippen LogP contribution in [-0.4, -0.2) is 27.9 Å². The van der Waals surface area contributed by atoms with Crippen molar-refractivity contribution in [2.24, 2.45) is 0 Å². The minimum atomic E-state index is -1.02. The molecule has 0 spiro atoms. The van der Waals surface area contributed by atoms with Gasteiger partial charge < -0.3 is 15.4 Å². The van der Waals surface area contributed by atoms with Crippen molar-refractivity contribution in [1.82, 2.24) is 10.3 Å². The highest BCUT2D eigenvalue weighted by Crippen LogP contribution is 2.19. The molecular weight excluding hydrogens is 335 g/mol. The number of hydrogen-bond donors (Lipinski definition) is 3. The van der Waals surface area contributed by atoms with E-state index in [1.54, 1.807) is 6.20 Å². The Labute approximate surface area is 149 Å². The largest absolute Gasteiger partial charge is 0.480 e. The Hall–Kier alpha value is -3.41. The zero-order chi connectivity index (χ0) is 18.5. The van der Waals surface area contributed by atoms with Crippen LogP contribution in [0.2, 0.25) is 0 Å². The third-order valence-electron chi connectivity index (χ3n) is 4.06. The van der Waals surface area contributed by atoms with Gasteiger partial charge in [-0.2, -0.15) is 0 Å². The van der Waals surface area contributed by atoms with Crippen LogP contribution in [0.1, 0.15) is 15.9 Å². The number of carbonyl (C=O) groups excluding carboxylic acids is 1. The molecule has 0 aliphatic rings. The molecule has 6 heteroatoms.